The molecule has 0 spiro atoms. The molecule has 7 nitrogen and oxygen atoms in total. The van der Waals surface area contributed by atoms with Gasteiger partial charge in [-0.1, -0.05) is 17.3 Å². The Bertz CT molecular complexity index is 1250. The number of hydrogen-bond donors (Lipinski definition) is 1. The number of halogens is 1. The van der Waals surface area contributed by atoms with Gasteiger partial charge in [0.05, 0.1) is 12.6 Å². The van der Waals surface area contributed by atoms with Crippen molar-refractivity contribution >= 4 is 10.9 Å². The van der Waals surface area contributed by atoms with Crippen molar-refractivity contribution < 1.29 is 18.8 Å². The average Bonchev–Trinajstić information content (AvgIpc) is 3.18. The minimum absolute atomic E-state index is 0.0884. The number of aryl methyl sites for hydroxylation is 1. The fourth-order valence-electron chi connectivity index (χ4n) is 3.14. The smallest absolute Gasteiger partial charge is 0.267 e. The van der Waals surface area contributed by atoms with E-state index in [0.717, 1.165) is 0 Å². The Balaban J connectivity index is 1.89. The monoisotopic (exact) mass is 381 g/mol. The predicted octanol–water partition coefficient (Wildman–Crippen LogP) is 3.59. The molecular formula is C20H16FN3O4. The van der Waals surface area contributed by atoms with Crippen molar-refractivity contribution in [1.29, 1.82) is 0 Å². The number of aromatic hydroxyl groups is 1. The Hall–Kier alpha value is -3.68. The van der Waals surface area contributed by atoms with Gasteiger partial charge in [-0.25, -0.2) is 4.39 Å². The standard InChI is InChI=1S/C20H16FN3O4/c1-3-24-14-7-5-4-6-12(14)17(25)16(20(24)26)19-22-18(23-28-19)11-8-9-15(27-2)13(21)10-11/h4-10,25H,3H2,1-2H3. The summed E-state index contributed by atoms with van der Waals surface area (Å²) in [6, 6.07) is 11.2. The SMILES string of the molecule is CCn1c(=O)c(-c2nc(-c3ccc(OC)c(F)c3)no2)c(O)c2ccccc21. The molecule has 0 aliphatic heterocycles. The molecule has 4 aromatic rings. The second kappa shape index (κ2) is 6.80. The van der Waals surface area contributed by atoms with Gasteiger partial charge in [-0.3, -0.25) is 4.79 Å². The van der Waals surface area contributed by atoms with Gasteiger partial charge in [0.15, 0.2) is 11.6 Å². The minimum Gasteiger partial charge on any atom is -0.506 e. The van der Waals surface area contributed by atoms with E-state index in [1.165, 1.54) is 23.8 Å². The molecule has 8 heteroatoms. The highest BCUT2D eigenvalue weighted by molar-refractivity contribution is 5.91. The number of rotatable bonds is 4. The molecule has 0 unspecified atom stereocenters. The fraction of sp³-hybridized carbons (Fsp3) is 0.150. The summed E-state index contributed by atoms with van der Waals surface area (Å²) in [7, 11) is 1.37. The first-order chi connectivity index (χ1) is 13.5. The van der Waals surface area contributed by atoms with Gasteiger partial charge in [0.25, 0.3) is 11.4 Å². The van der Waals surface area contributed by atoms with E-state index >= 15 is 0 Å². The molecule has 1 N–H and O–H groups in total. The molecular weight excluding hydrogens is 365 g/mol. The molecule has 2 heterocycles. The summed E-state index contributed by atoms with van der Waals surface area (Å²) in [6.45, 7) is 2.23. The zero-order chi connectivity index (χ0) is 19.8. The number of hydrogen-bond acceptors (Lipinski definition) is 6. The largest absolute Gasteiger partial charge is 0.506 e. The molecule has 0 aliphatic rings. The second-order valence-electron chi connectivity index (χ2n) is 6.06. The molecule has 142 valence electrons. The van der Waals surface area contributed by atoms with Crippen LogP contribution in [0.4, 0.5) is 4.39 Å². The predicted molar refractivity (Wildman–Crippen MR) is 101 cm³/mol. The molecule has 28 heavy (non-hydrogen) atoms. The van der Waals surface area contributed by atoms with E-state index in [-0.39, 0.29) is 28.8 Å². The first kappa shape index (κ1) is 17.7. The van der Waals surface area contributed by atoms with Crippen LogP contribution in [0.2, 0.25) is 0 Å². The zero-order valence-electron chi connectivity index (χ0n) is 15.1. The Morgan fingerprint density at radius 1 is 1.25 bits per heavy atom. The number of para-hydroxylation sites is 1. The summed E-state index contributed by atoms with van der Waals surface area (Å²) in [4.78, 5) is 17.1. The van der Waals surface area contributed by atoms with E-state index in [1.807, 2.05) is 6.92 Å². The fourth-order valence-corrected chi connectivity index (χ4v) is 3.14. The highest BCUT2D eigenvalue weighted by atomic mass is 19.1. The van der Waals surface area contributed by atoms with Gasteiger partial charge in [-0.05, 0) is 37.3 Å². The van der Waals surface area contributed by atoms with E-state index in [1.54, 1.807) is 30.3 Å². The van der Waals surface area contributed by atoms with Gasteiger partial charge >= 0.3 is 0 Å². The Morgan fingerprint density at radius 3 is 2.75 bits per heavy atom. The molecule has 4 rings (SSSR count). The number of methoxy groups -OCH3 is 1. The van der Waals surface area contributed by atoms with Crippen LogP contribution < -0.4 is 10.3 Å². The topological polar surface area (TPSA) is 90.4 Å². The van der Waals surface area contributed by atoms with Gasteiger partial charge in [0.1, 0.15) is 11.3 Å². The molecule has 0 radical (unpaired) electrons. The second-order valence-corrected chi connectivity index (χ2v) is 6.06. The average molecular weight is 381 g/mol. The number of fused-ring (bicyclic) bond motifs is 1. The lowest BCUT2D eigenvalue weighted by Gasteiger charge is -2.11. The minimum atomic E-state index is -0.576. The van der Waals surface area contributed by atoms with Crippen LogP contribution in [0.1, 0.15) is 6.92 Å². The van der Waals surface area contributed by atoms with Gasteiger partial charge in [-0.15, -0.1) is 0 Å². The molecule has 2 aromatic carbocycles. The van der Waals surface area contributed by atoms with E-state index in [2.05, 4.69) is 10.1 Å². The van der Waals surface area contributed by atoms with Crippen LogP contribution in [-0.4, -0.2) is 26.9 Å². The van der Waals surface area contributed by atoms with Crippen LogP contribution in [-0.2, 0) is 6.54 Å². The van der Waals surface area contributed by atoms with Crippen LogP contribution in [0.5, 0.6) is 11.5 Å². The molecule has 0 fully saturated rings. The molecule has 0 saturated carbocycles. The van der Waals surface area contributed by atoms with Crippen molar-refractivity contribution in [2.24, 2.45) is 0 Å². The molecule has 0 saturated heterocycles. The number of ether oxygens (including phenoxy) is 1. The molecule has 0 amide bonds. The lowest BCUT2D eigenvalue weighted by molar-refractivity contribution is 0.386. The highest BCUT2D eigenvalue weighted by Crippen LogP contribution is 2.33. The van der Waals surface area contributed by atoms with Gasteiger partial charge in [0.2, 0.25) is 5.82 Å². The summed E-state index contributed by atoms with van der Waals surface area (Å²) in [5.74, 6) is -0.770. The van der Waals surface area contributed by atoms with Crippen LogP contribution >= 0.6 is 0 Å². The van der Waals surface area contributed by atoms with E-state index in [0.29, 0.717) is 23.0 Å². The number of pyridine rings is 1. The van der Waals surface area contributed by atoms with Crippen LogP contribution in [0.15, 0.2) is 51.8 Å². The van der Waals surface area contributed by atoms with Crippen molar-refractivity contribution in [3.63, 3.8) is 0 Å². The Labute approximate surface area is 158 Å². The van der Waals surface area contributed by atoms with E-state index in [4.69, 9.17) is 9.26 Å². The van der Waals surface area contributed by atoms with Gasteiger partial charge < -0.3 is 18.9 Å². The normalized spacial score (nSPS) is 11.1. The Kier molecular flexibility index (Phi) is 4.31. The van der Waals surface area contributed by atoms with Crippen LogP contribution in [0.3, 0.4) is 0 Å². The van der Waals surface area contributed by atoms with Crippen molar-refractivity contribution in [3.8, 4) is 34.3 Å². The molecule has 0 bridgehead atoms. The maximum Gasteiger partial charge on any atom is 0.267 e. The van der Waals surface area contributed by atoms with E-state index < -0.39 is 11.4 Å². The lowest BCUT2D eigenvalue weighted by Crippen LogP contribution is -2.21. The molecule has 2 aromatic heterocycles. The number of nitrogens with zero attached hydrogens (tertiary/aromatic N) is 3. The van der Waals surface area contributed by atoms with Crippen molar-refractivity contribution in [1.82, 2.24) is 14.7 Å². The third kappa shape index (κ3) is 2.70. The van der Waals surface area contributed by atoms with Crippen molar-refractivity contribution in [2.75, 3.05) is 7.11 Å². The quantitative estimate of drug-likeness (QED) is 0.581. The van der Waals surface area contributed by atoms with E-state index in [9.17, 15) is 14.3 Å². The summed E-state index contributed by atoms with van der Waals surface area (Å²) >= 11 is 0. The third-order valence-electron chi connectivity index (χ3n) is 4.51. The lowest BCUT2D eigenvalue weighted by atomic mass is 10.1. The maximum absolute atomic E-state index is 14.0. The van der Waals surface area contributed by atoms with Gasteiger partial charge in [-0.2, -0.15) is 4.98 Å². The van der Waals surface area contributed by atoms with Crippen molar-refractivity contribution in [3.05, 3.63) is 58.6 Å². The summed E-state index contributed by atoms with van der Waals surface area (Å²) in [5, 5.41) is 15.0. The number of aromatic nitrogens is 3. The summed E-state index contributed by atoms with van der Waals surface area (Å²) < 4.78 is 25.6. The van der Waals surface area contributed by atoms with Crippen LogP contribution in [0, 0.1) is 5.82 Å². The summed E-state index contributed by atoms with van der Waals surface area (Å²) in [6.07, 6.45) is 0. The van der Waals surface area contributed by atoms with Crippen molar-refractivity contribution in [2.45, 2.75) is 13.5 Å². The maximum atomic E-state index is 14.0. The molecule has 0 atom stereocenters. The van der Waals surface area contributed by atoms with Gasteiger partial charge in [0, 0.05) is 17.5 Å². The molecule has 0 aliphatic carbocycles. The first-order valence-electron chi connectivity index (χ1n) is 8.57. The zero-order valence-corrected chi connectivity index (χ0v) is 15.1. The third-order valence-corrected chi connectivity index (χ3v) is 4.51. The summed E-state index contributed by atoms with van der Waals surface area (Å²) in [5.41, 5.74) is 0.417. The highest BCUT2D eigenvalue weighted by Gasteiger charge is 2.23. The van der Waals surface area contributed by atoms with Crippen LogP contribution in [0.25, 0.3) is 33.7 Å². The Morgan fingerprint density at radius 2 is 2.04 bits per heavy atom. The first-order valence-corrected chi connectivity index (χ1v) is 8.57. The number of benzene rings is 2.